The highest BCUT2D eigenvalue weighted by atomic mass is 14.5. The van der Waals surface area contributed by atoms with Gasteiger partial charge in [0.25, 0.3) is 0 Å². The van der Waals surface area contributed by atoms with Gasteiger partial charge in [-0.1, -0.05) is 38.3 Å². The van der Waals surface area contributed by atoms with Gasteiger partial charge >= 0.3 is 0 Å². The van der Waals surface area contributed by atoms with Crippen LogP contribution in [-0.4, -0.2) is 0 Å². The molecule has 2 atom stereocenters. The average molecular weight is 189 g/mol. The summed E-state index contributed by atoms with van der Waals surface area (Å²) in [5.74, 6) is 1.57. The maximum atomic E-state index is 5.81. The number of nitrogens with two attached hydrogens (primary N) is 1. The fourth-order valence-corrected chi connectivity index (χ4v) is 2.60. The Kier molecular flexibility index (Phi) is 2.76. The minimum atomic E-state index is 0.743. The second-order valence-corrected chi connectivity index (χ2v) is 4.54. The van der Waals surface area contributed by atoms with Crippen molar-refractivity contribution in [3.05, 3.63) is 29.8 Å². The van der Waals surface area contributed by atoms with Crippen LogP contribution < -0.4 is 5.73 Å². The largest absolute Gasteiger partial charge is 0.399 e. The van der Waals surface area contributed by atoms with Gasteiger partial charge in [0.1, 0.15) is 0 Å². The third-order valence-corrected chi connectivity index (χ3v) is 3.45. The number of rotatable bonds is 1. The Morgan fingerprint density at radius 3 is 2.71 bits per heavy atom. The van der Waals surface area contributed by atoms with Crippen LogP contribution in [0.5, 0.6) is 0 Å². The molecule has 0 heterocycles. The summed E-state index contributed by atoms with van der Waals surface area (Å²) >= 11 is 0. The van der Waals surface area contributed by atoms with E-state index >= 15 is 0 Å². The fourth-order valence-electron chi connectivity index (χ4n) is 2.60. The second kappa shape index (κ2) is 4.04. The zero-order chi connectivity index (χ0) is 9.97. The zero-order valence-corrected chi connectivity index (χ0v) is 8.87. The second-order valence-electron chi connectivity index (χ2n) is 4.54. The minimum absolute atomic E-state index is 0.743. The van der Waals surface area contributed by atoms with E-state index < -0.39 is 0 Å². The third kappa shape index (κ3) is 1.92. The van der Waals surface area contributed by atoms with Crippen LogP contribution in [0.3, 0.4) is 0 Å². The van der Waals surface area contributed by atoms with E-state index in [-0.39, 0.29) is 0 Å². The van der Waals surface area contributed by atoms with Crippen molar-refractivity contribution < 1.29 is 0 Å². The third-order valence-electron chi connectivity index (χ3n) is 3.45. The van der Waals surface area contributed by atoms with E-state index in [1.807, 2.05) is 6.07 Å². The van der Waals surface area contributed by atoms with E-state index in [4.69, 9.17) is 5.73 Å². The summed E-state index contributed by atoms with van der Waals surface area (Å²) in [4.78, 5) is 0. The fraction of sp³-hybridized carbons (Fsp3) is 0.538. The van der Waals surface area contributed by atoms with Gasteiger partial charge in [-0.25, -0.2) is 0 Å². The molecule has 1 heteroatoms. The first-order valence-electron chi connectivity index (χ1n) is 5.63. The van der Waals surface area contributed by atoms with Crippen LogP contribution in [0.4, 0.5) is 5.69 Å². The Morgan fingerprint density at radius 1 is 1.21 bits per heavy atom. The topological polar surface area (TPSA) is 26.0 Å². The number of benzene rings is 1. The predicted octanol–water partition coefficient (Wildman–Crippen LogP) is 3.56. The van der Waals surface area contributed by atoms with Crippen molar-refractivity contribution in [3.63, 3.8) is 0 Å². The van der Waals surface area contributed by atoms with Gasteiger partial charge in [-0.15, -0.1) is 0 Å². The van der Waals surface area contributed by atoms with Gasteiger partial charge in [0.2, 0.25) is 0 Å². The lowest BCUT2D eigenvalue weighted by Gasteiger charge is -2.29. The van der Waals surface area contributed by atoms with Gasteiger partial charge in [-0.3, -0.25) is 0 Å². The van der Waals surface area contributed by atoms with Crippen LogP contribution in [0.15, 0.2) is 24.3 Å². The number of anilines is 1. The van der Waals surface area contributed by atoms with Crippen LogP contribution >= 0.6 is 0 Å². The first-order chi connectivity index (χ1) is 6.77. The van der Waals surface area contributed by atoms with Gasteiger partial charge in [0, 0.05) is 5.69 Å². The molecule has 0 saturated heterocycles. The maximum absolute atomic E-state index is 5.81. The standard InChI is InChI=1S/C13H19N/c1-10-5-2-3-8-13(10)11-6-4-7-12(14)9-11/h4,6-7,9-10,13H,2-3,5,8,14H2,1H3/t10-,13-/m1/s1. The Balaban J connectivity index is 2.20. The van der Waals surface area contributed by atoms with Gasteiger partial charge in [0.05, 0.1) is 0 Å². The Labute approximate surface area is 86.3 Å². The Morgan fingerprint density at radius 2 is 2.00 bits per heavy atom. The molecule has 0 amide bonds. The molecule has 0 aliphatic heterocycles. The summed E-state index contributed by atoms with van der Waals surface area (Å²) in [6, 6.07) is 8.41. The maximum Gasteiger partial charge on any atom is 0.0316 e. The monoisotopic (exact) mass is 189 g/mol. The van der Waals surface area contributed by atoms with Gasteiger partial charge in [-0.05, 0) is 36.0 Å². The highest BCUT2D eigenvalue weighted by molar-refractivity contribution is 5.42. The molecule has 1 aromatic carbocycles. The van der Waals surface area contributed by atoms with Crippen molar-refractivity contribution in [1.29, 1.82) is 0 Å². The van der Waals surface area contributed by atoms with Crippen LogP contribution in [0.1, 0.15) is 44.1 Å². The first kappa shape index (κ1) is 9.57. The molecule has 14 heavy (non-hydrogen) atoms. The normalized spacial score (nSPS) is 27.5. The molecule has 1 saturated carbocycles. The van der Waals surface area contributed by atoms with E-state index in [1.165, 1.54) is 31.2 Å². The lowest BCUT2D eigenvalue weighted by Crippen LogP contribution is -2.14. The Bertz CT molecular complexity index is 306. The first-order valence-corrected chi connectivity index (χ1v) is 5.63. The molecule has 0 spiro atoms. The molecule has 2 N–H and O–H groups in total. The summed E-state index contributed by atoms with van der Waals surface area (Å²) in [5.41, 5.74) is 8.16. The molecular weight excluding hydrogens is 170 g/mol. The highest BCUT2D eigenvalue weighted by Gasteiger charge is 2.22. The molecule has 1 aliphatic carbocycles. The van der Waals surface area contributed by atoms with E-state index in [9.17, 15) is 0 Å². The SMILES string of the molecule is C[C@@H]1CCCC[C@H]1c1cccc(N)c1. The molecule has 0 unspecified atom stereocenters. The highest BCUT2D eigenvalue weighted by Crippen LogP contribution is 2.37. The lowest BCUT2D eigenvalue weighted by molar-refractivity contribution is 0.331. The molecule has 1 fully saturated rings. The molecule has 0 bridgehead atoms. The average Bonchev–Trinajstić information content (AvgIpc) is 2.18. The smallest absolute Gasteiger partial charge is 0.0316 e. The van der Waals surface area contributed by atoms with E-state index in [0.717, 1.165) is 17.5 Å². The van der Waals surface area contributed by atoms with Gasteiger partial charge in [0.15, 0.2) is 0 Å². The summed E-state index contributed by atoms with van der Waals surface area (Å²) < 4.78 is 0. The Hall–Kier alpha value is -0.980. The van der Waals surface area contributed by atoms with Crippen LogP contribution in [0.25, 0.3) is 0 Å². The van der Waals surface area contributed by atoms with Gasteiger partial charge < -0.3 is 5.73 Å². The molecule has 76 valence electrons. The van der Waals surface area contributed by atoms with Crippen LogP contribution in [0, 0.1) is 5.92 Å². The molecule has 1 nitrogen and oxygen atoms in total. The zero-order valence-electron chi connectivity index (χ0n) is 8.87. The lowest BCUT2D eigenvalue weighted by atomic mass is 9.76. The summed E-state index contributed by atoms with van der Waals surface area (Å²) in [6.45, 7) is 2.37. The van der Waals surface area contributed by atoms with Crippen molar-refractivity contribution in [2.45, 2.75) is 38.5 Å². The van der Waals surface area contributed by atoms with Crippen molar-refractivity contribution in [3.8, 4) is 0 Å². The van der Waals surface area contributed by atoms with E-state index in [2.05, 4.69) is 25.1 Å². The molecule has 1 aromatic rings. The predicted molar refractivity (Wildman–Crippen MR) is 61.2 cm³/mol. The molecule has 0 radical (unpaired) electrons. The summed E-state index contributed by atoms with van der Waals surface area (Å²) in [5, 5.41) is 0. The molecule has 1 aliphatic rings. The van der Waals surface area contributed by atoms with Crippen molar-refractivity contribution in [2.75, 3.05) is 5.73 Å². The summed E-state index contributed by atoms with van der Waals surface area (Å²) in [7, 11) is 0. The number of hydrogen-bond acceptors (Lipinski definition) is 1. The molecule has 2 rings (SSSR count). The van der Waals surface area contributed by atoms with Gasteiger partial charge in [-0.2, -0.15) is 0 Å². The van der Waals surface area contributed by atoms with Crippen LogP contribution in [-0.2, 0) is 0 Å². The number of hydrogen-bond donors (Lipinski definition) is 1. The van der Waals surface area contributed by atoms with Crippen LogP contribution in [0.2, 0.25) is 0 Å². The number of nitrogen functional groups attached to an aromatic ring is 1. The van der Waals surface area contributed by atoms with Crippen molar-refractivity contribution in [1.82, 2.24) is 0 Å². The van der Waals surface area contributed by atoms with Crippen molar-refractivity contribution in [2.24, 2.45) is 5.92 Å². The minimum Gasteiger partial charge on any atom is -0.399 e. The molecule has 0 aromatic heterocycles. The summed E-state index contributed by atoms with van der Waals surface area (Å²) in [6.07, 6.45) is 5.49. The van der Waals surface area contributed by atoms with E-state index in [1.54, 1.807) is 0 Å². The van der Waals surface area contributed by atoms with Crippen molar-refractivity contribution >= 4 is 5.69 Å². The molecular formula is C13H19N. The van der Waals surface area contributed by atoms with E-state index in [0.29, 0.717) is 0 Å². The quantitative estimate of drug-likeness (QED) is 0.672.